The predicted octanol–water partition coefficient (Wildman–Crippen LogP) is 3.29. The summed E-state index contributed by atoms with van der Waals surface area (Å²) in [6.07, 6.45) is 4.10. The zero-order valence-electron chi connectivity index (χ0n) is 16.4. The molecule has 0 spiro atoms. The van der Waals surface area contributed by atoms with Gasteiger partial charge in [-0.2, -0.15) is 10.2 Å². The Hall–Kier alpha value is -2.56. The minimum atomic E-state index is -2.97. The minimum Gasteiger partial charge on any atom is -0.358 e. The van der Waals surface area contributed by atoms with Crippen molar-refractivity contribution in [2.75, 3.05) is 11.5 Å². The molecule has 0 bridgehead atoms. The quantitative estimate of drug-likeness (QED) is 0.306. The fraction of sp³-hybridized carbons (Fsp3) is 0.190. The first-order valence-corrected chi connectivity index (χ1v) is 12.6. The molecule has 3 aromatic rings. The zero-order valence-corrected chi connectivity index (χ0v) is 19.6. The van der Waals surface area contributed by atoms with Crippen LogP contribution in [0.5, 0.6) is 0 Å². The fourth-order valence-electron chi connectivity index (χ4n) is 3.31. The van der Waals surface area contributed by atoms with Gasteiger partial charge in [0.1, 0.15) is 5.69 Å². The summed E-state index contributed by atoms with van der Waals surface area (Å²) in [7, 11) is -2.97. The standard InChI is InChI=1S/C21H20BrN5O2S2/c22-17-8-6-15(7-9-17)20-16(13-27(26-20)19-4-2-1-3-5-19)12-23-25-21(30)24-18-10-11-31(28,29)14-18/h1-9,12-13,18H,10-11,14H2,(H2,24,25,30)/b23-12-/t18-/m1/s1. The predicted molar refractivity (Wildman–Crippen MR) is 130 cm³/mol. The van der Waals surface area contributed by atoms with Crippen LogP contribution in [0.2, 0.25) is 0 Å². The highest BCUT2D eigenvalue weighted by molar-refractivity contribution is 9.10. The summed E-state index contributed by atoms with van der Waals surface area (Å²) < 4.78 is 26.0. The second-order valence-electron chi connectivity index (χ2n) is 7.16. The van der Waals surface area contributed by atoms with Crippen molar-refractivity contribution in [3.8, 4) is 16.9 Å². The average molecular weight is 518 g/mol. The number of thiocarbonyl (C=S) groups is 1. The number of benzene rings is 2. The molecule has 1 aliphatic rings. The SMILES string of the molecule is O=S1(=O)CC[C@@H](NC(=S)N/N=C\c2cn(-c3ccccc3)nc2-c2ccc(Br)cc2)C1. The van der Waals surface area contributed by atoms with Crippen LogP contribution in [-0.4, -0.2) is 47.1 Å². The molecular formula is C21H20BrN5O2S2. The van der Waals surface area contributed by atoms with Gasteiger partial charge >= 0.3 is 0 Å². The molecule has 0 unspecified atom stereocenters. The Kier molecular flexibility index (Phi) is 6.49. The summed E-state index contributed by atoms with van der Waals surface area (Å²) in [5.74, 6) is 0.280. The number of hydrazone groups is 1. The number of sulfone groups is 1. The van der Waals surface area contributed by atoms with Gasteiger partial charge in [0.25, 0.3) is 0 Å². The molecule has 1 aromatic heterocycles. The van der Waals surface area contributed by atoms with Gasteiger partial charge in [0, 0.05) is 27.8 Å². The molecule has 0 aliphatic carbocycles. The normalized spacial score (nSPS) is 17.6. The first-order chi connectivity index (χ1) is 14.9. The highest BCUT2D eigenvalue weighted by Crippen LogP contribution is 2.24. The average Bonchev–Trinajstić information content (AvgIpc) is 3.32. The third-order valence-electron chi connectivity index (χ3n) is 4.82. The monoisotopic (exact) mass is 517 g/mol. The maximum atomic E-state index is 11.6. The largest absolute Gasteiger partial charge is 0.358 e. The highest BCUT2D eigenvalue weighted by Gasteiger charge is 2.28. The van der Waals surface area contributed by atoms with E-state index < -0.39 is 9.84 Å². The summed E-state index contributed by atoms with van der Waals surface area (Å²) in [6, 6.07) is 17.5. The summed E-state index contributed by atoms with van der Waals surface area (Å²) in [6.45, 7) is 0. The first kappa shape index (κ1) is 21.7. The number of nitrogens with one attached hydrogen (secondary N) is 2. The molecule has 0 radical (unpaired) electrons. The van der Waals surface area contributed by atoms with Crippen molar-refractivity contribution in [2.45, 2.75) is 12.5 Å². The number of aromatic nitrogens is 2. The Morgan fingerprint density at radius 2 is 1.94 bits per heavy atom. The Balaban J connectivity index is 1.53. The third kappa shape index (κ3) is 5.57. The van der Waals surface area contributed by atoms with Gasteiger partial charge in [-0.05, 0) is 42.9 Å². The van der Waals surface area contributed by atoms with Crippen LogP contribution in [0.1, 0.15) is 12.0 Å². The van der Waals surface area contributed by atoms with E-state index in [1.165, 1.54) is 0 Å². The zero-order chi connectivity index (χ0) is 21.8. The molecule has 0 amide bonds. The van der Waals surface area contributed by atoms with Gasteiger partial charge in [0.15, 0.2) is 14.9 Å². The van der Waals surface area contributed by atoms with Gasteiger partial charge in [-0.1, -0.05) is 46.3 Å². The van der Waals surface area contributed by atoms with Crippen molar-refractivity contribution in [3.63, 3.8) is 0 Å². The molecule has 1 aliphatic heterocycles. The summed E-state index contributed by atoms with van der Waals surface area (Å²) in [4.78, 5) is 0. The van der Waals surface area contributed by atoms with Gasteiger partial charge in [-0.25, -0.2) is 13.1 Å². The van der Waals surface area contributed by atoms with Gasteiger partial charge in [-0.3, -0.25) is 5.43 Å². The Morgan fingerprint density at radius 1 is 1.19 bits per heavy atom. The van der Waals surface area contributed by atoms with Crippen molar-refractivity contribution in [3.05, 3.63) is 70.8 Å². The smallest absolute Gasteiger partial charge is 0.187 e. The van der Waals surface area contributed by atoms with Crippen LogP contribution in [0, 0.1) is 0 Å². The fourth-order valence-corrected chi connectivity index (χ4v) is 5.47. The van der Waals surface area contributed by atoms with E-state index in [2.05, 4.69) is 31.8 Å². The number of hydrogen-bond donors (Lipinski definition) is 2. The molecule has 7 nitrogen and oxygen atoms in total. The maximum Gasteiger partial charge on any atom is 0.187 e. The van der Waals surface area contributed by atoms with Crippen LogP contribution >= 0.6 is 28.1 Å². The Morgan fingerprint density at radius 3 is 2.61 bits per heavy atom. The molecule has 160 valence electrons. The number of para-hydroxylation sites is 1. The van der Waals surface area contributed by atoms with Crippen LogP contribution in [-0.2, 0) is 9.84 Å². The lowest BCUT2D eigenvalue weighted by Gasteiger charge is -2.11. The van der Waals surface area contributed by atoms with Crippen molar-refractivity contribution >= 4 is 49.3 Å². The van der Waals surface area contributed by atoms with Gasteiger partial charge < -0.3 is 5.32 Å². The number of nitrogens with zero attached hydrogens (tertiary/aromatic N) is 3. The van der Waals surface area contributed by atoms with Crippen LogP contribution < -0.4 is 10.7 Å². The molecule has 4 rings (SSSR count). The van der Waals surface area contributed by atoms with Gasteiger partial charge in [0.2, 0.25) is 0 Å². The van der Waals surface area contributed by atoms with E-state index in [9.17, 15) is 8.42 Å². The van der Waals surface area contributed by atoms with E-state index in [0.717, 1.165) is 27.0 Å². The summed E-state index contributed by atoms with van der Waals surface area (Å²) in [5.41, 5.74) is 6.26. The molecule has 1 fully saturated rings. The molecule has 1 atom stereocenters. The number of rotatable bonds is 5. The number of hydrogen-bond acceptors (Lipinski definition) is 5. The molecule has 31 heavy (non-hydrogen) atoms. The van der Waals surface area contributed by atoms with Crippen molar-refractivity contribution in [1.29, 1.82) is 0 Å². The van der Waals surface area contributed by atoms with E-state index in [4.69, 9.17) is 17.3 Å². The van der Waals surface area contributed by atoms with Gasteiger partial charge in [0.05, 0.1) is 23.4 Å². The Bertz CT molecular complexity index is 1210. The van der Waals surface area contributed by atoms with Crippen molar-refractivity contribution in [1.82, 2.24) is 20.5 Å². The lowest BCUT2D eigenvalue weighted by molar-refractivity contribution is 0.600. The lowest BCUT2D eigenvalue weighted by atomic mass is 10.1. The van der Waals surface area contributed by atoms with E-state index in [1.807, 2.05) is 60.8 Å². The second kappa shape index (κ2) is 9.29. The molecule has 2 N–H and O–H groups in total. The molecule has 1 saturated heterocycles. The van der Waals surface area contributed by atoms with E-state index in [1.54, 1.807) is 10.9 Å². The first-order valence-electron chi connectivity index (χ1n) is 9.61. The summed E-state index contributed by atoms with van der Waals surface area (Å²) in [5, 5.41) is 12.3. The van der Waals surface area contributed by atoms with Crippen LogP contribution in [0.15, 0.2) is 70.4 Å². The molecule has 2 heterocycles. The molecule has 2 aromatic carbocycles. The van der Waals surface area contributed by atoms with Crippen molar-refractivity contribution in [2.24, 2.45) is 5.10 Å². The van der Waals surface area contributed by atoms with E-state index >= 15 is 0 Å². The molecular weight excluding hydrogens is 498 g/mol. The van der Waals surface area contributed by atoms with Crippen LogP contribution in [0.25, 0.3) is 16.9 Å². The third-order valence-corrected chi connectivity index (χ3v) is 7.32. The number of halogens is 1. The van der Waals surface area contributed by atoms with Crippen LogP contribution in [0.3, 0.4) is 0 Å². The summed E-state index contributed by atoms with van der Waals surface area (Å²) >= 11 is 8.70. The van der Waals surface area contributed by atoms with Gasteiger partial charge in [-0.15, -0.1) is 0 Å². The Labute approximate surface area is 194 Å². The lowest BCUT2D eigenvalue weighted by Crippen LogP contribution is -2.40. The maximum absolute atomic E-state index is 11.6. The van der Waals surface area contributed by atoms with Crippen LogP contribution in [0.4, 0.5) is 0 Å². The topological polar surface area (TPSA) is 88.4 Å². The minimum absolute atomic E-state index is 0.0933. The van der Waals surface area contributed by atoms with E-state index in [-0.39, 0.29) is 17.5 Å². The highest BCUT2D eigenvalue weighted by atomic mass is 79.9. The van der Waals surface area contributed by atoms with E-state index in [0.29, 0.717) is 11.5 Å². The molecule has 10 heteroatoms. The molecule has 0 saturated carbocycles. The second-order valence-corrected chi connectivity index (χ2v) is 10.7. The van der Waals surface area contributed by atoms with Crippen molar-refractivity contribution < 1.29 is 8.42 Å².